The molecule has 0 radical (unpaired) electrons. The maximum atomic E-state index is 4.57. The highest BCUT2D eigenvalue weighted by molar-refractivity contribution is 5.78. The molecule has 0 aromatic carbocycles. The van der Waals surface area contributed by atoms with Gasteiger partial charge in [0.05, 0.1) is 12.2 Å². The van der Waals surface area contributed by atoms with Gasteiger partial charge in [-0.15, -0.1) is 10.2 Å². The Kier molecular flexibility index (Phi) is 3.28. The van der Waals surface area contributed by atoms with E-state index in [0.717, 1.165) is 35.7 Å². The van der Waals surface area contributed by atoms with Crippen LogP contribution in [0.1, 0.15) is 18.2 Å². The Balaban J connectivity index is 1.96. The highest BCUT2D eigenvalue weighted by Gasteiger charge is 2.12. The molecule has 0 amide bonds. The van der Waals surface area contributed by atoms with Crippen molar-refractivity contribution in [2.45, 2.75) is 13.8 Å². The van der Waals surface area contributed by atoms with Crippen LogP contribution in [0.2, 0.25) is 0 Å². The Morgan fingerprint density at radius 2 is 2.25 bits per heavy atom. The average Bonchev–Trinajstić information content (AvgIpc) is 3.01. The first-order valence-corrected chi connectivity index (χ1v) is 6.60. The van der Waals surface area contributed by atoms with E-state index in [0.29, 0.717) is 5.82 Å². The maximum Gasteiger partial charge on any atom is 0.179 e. The molecule has 1 N–H and O–H groups in total. The van der Waals surface area contributed by atoms with Gasteiger partial charge in [0.15, 0.2) is 5.82 Å². The standard InChI is InChI=1S/C14H16N6/c1-3-20-7-6-15-13(8-20)11-4-5-12(18-10(11)2)14-16-9-17-19-14/h4-6,8-9H,3,7H2,1-2H3,(H,16,17,19). The van der Waals surface area contributed by atoms with Crippen LogP contribution in [0.4, 0.5) is 0 Å². The molecule has 20 heavy (non-hydrogen) atoms. The van der Waals surface area contributed by atoms with Gasteiger partial charge in [-0.05, 0) is 26.0 Å². The summed E-state index contributed by atoms with van der Waals surface area (Å²) >= 11 is 0. The Labute approximate surface area is 117 Å². The lowest BCUT2D eigenvalue weighted by molar-refractivity contribution is 0.452. The largest absolute Gasteiger partial charge is 0.371 e. The lowest BCUT2D eigenvalue weighted by atomic mass is 10.1. The van der Waals surface area contributed by atoms with Crippen molar-refractivity contribution in [1.29, 1.82) is 0 Å². The molecule has 0 spiro atoms. The van der Waals surface area contributed by atoms with Gasteiger partial charge in [-0.25, -0.2) is 4.98 Å². The quantitative estimate of drug-likeness (QED) is 0.922. The summed E-state index contributed by atoms with van der Waals surface area (Å²) in [5.41, 5.74) is 3.71. The summed E-state index contributed by atoms with van der Waals surface area (Å²) in [7, 11) is 0. The first-order chi connectivity index (χ1) is 9.78. The number of aryl methyl sites for hydroxylation is 1. The molecule has 0 fully saturated rings. The van der Waals surface area contributed by atoms with Crippen LogP contribution in [0.15, 0.2) is 29.7 Å². The van der Waals surface area contributed by atoms with E-state index in [2.05, 4.69) is 43.2 Å². The highest BCUT2D eigenvalue weighted by atomic mass is 15.2. The topological polar surface area (TPSA) is 70.1 Å². The number of aromatic amines is 1. The minimum absolute atomic E-state index is 0.677. The molecular weight excluding hydrogens is 252 g/mol. The third-order valence-corrected chi connectivity index (χ3v) is 3.28. The molecule has 102 valence electrons. The van der Waals surface area contributed by atoms with Crippen LogP contribution in [0.5, 0.6) is 0 Å². The Bertz CT molecular complexity index is 656. The molecule has 0 saturated heterocycles. The molecule has 3 heterocycles. The zero-order valence-corrected chi connectivity index (χ0v) is 11.5. The second-order valence-electron chi connectivity index (χ2n) is 4.58. The van der Waals surface area contributed by atoms with Crippen molar-refractivity contribution in [2.24, 2.45) is 4.99 Å². The van der Waals surface area contributed by atoms with Crippen LogP contribution in [0, 0.1) is 6.92 Å². The number of hydrogen-bond acceptors (Lipinski definition) is 5. The van der Waals surface area contributed by atoms with E-state index >= 15 is 0 Å². The Morgan fingerprint density at radius 3 is 2.95 bits per heavy atom. The van der Waals surface area contributed by atoms with Gasteiger partial charge in [0.25, 0.3) is 0 Å². The zero-order valence-electron chi connectivity index (χ0n) is 11.5. The number of H-pyrrole nitrogens is 1. The molecule has 0 saturated carbocycles. The van der Waals surface area contributed by atoms with Crippen molar-refractivity contribution in [3.05, 3.63) is 35.9 Å². The molecule has 0 bridgehead atoms. The van der Waals surface area contributed by atoms with Crippen LogP contribution in [0.3, 0.4) is 0 Å². The third kappa shape index (κ3) is 2.32. The first-order valence-electron chi connectivity index (χ1n) is 6.60. The average molecular weight is 268 g/mol. The van der Waals surface area contributed by atoms with Gasteiger partial charge in [-0.3, -0.25) is 4.99 Å². The number of nitrogens with one attached hydrogen (secondary N) is 1. The second-order valence-corrected chi connectivity index (χ2v) is 4.58. The van der Waals surface area contributed by atoms with Crippen LogP contribution in [0.25, 0.3) is 17.2 Å². The smallest absolute Gasteiger partial charge is 0.179 e. The molecular formula is C14H16N6. The number of nitrogens with zero attached hydrogens (tertiary/aromatic N) is 5. The molecule has 6 nitrogen and oxygen atoms in total. The monoisotopic (exact) mass is 268 g/mol. The van der Waals surface area contributed by atoms with Crippen LogP contribution >= 0.6 is 0 Å². The molecule has 1 aliphatic rings. The molecule has 3 rings (SSSR count). The number of pyridine rings is 1. The summed E-state index contributed by atoms with van der Waals surface area (Å²) < 4.78 is 0. The van der Waals surface area contributed by atoms with E-state index in [9.17, 15) is 0 Å². The molecule has 2 aromatic heterocycles. The van der Waals surface area contributed by atoms with Crippen molar-refractivity contribution in [2.75, 3.05) is 13.1 Å². The predicted octanol–water partition coefficient (Wildman–Crippen LogP) is 1.88. The summed E-state index contributed by atoms with van der Waals surface area (Å²) in [4.78, 5) is 14.2. The van der Waals surface area contributed by atoms with E-state index in [1.807, 2.05) is 25.3 Å². The minimum atomic E-state index is 0.677. The fraction of sp³-hybridized carbons (Fsp3) is 0.286. The van der Waals surface area contributed by atoms with Gasteiger partial charge in [0.1, 0.15) is 12.0 Å². The molecule has 0 aliphatic carbocycles. The van der Waals surface area contributed by atoms with Crippen LogP contribution in [-0.2, 0) is 0 Å². The number of hydrogen-bond donors (Lipinski definition) is 1. The number of rotatable bonds is 3. The molecule has 0 atom stereocenters. The van der Waals surface area contributed by atoms with Crippen molar-refractivity contribution in [3.63, 3.8) is 0 Å². The summed E-state index contributed by atoms with van der Waals surface area (Å²) in [5, 5.41) is 7.75. The van der Waals surface area contributed by atoms with Crippen molar-refractivity contribution < 1.29 is 0 Å². The van der Waals surface area contributed by atoms with Crippen molar-refractivity contribution in [1.82, 2.24) is 25.1 Å². The second kappa shape index (κ2) is 5.24. The summed E-state index contributed by atoms with van der Waals surface area (Å²) in [6.07, 6.45) is 5.56. The van der Waals surface area contributed by atoms with Crippen LogP contribution < -0.4 is 0 Å². The number of aliphatic imine (C=N–C) groups is 1. The van der Waals surface area contributed by atoms with Gasteiger partial charge in [0, 0.05) is 30.2 Å². The lowest BCUT2D eigenvalue weighted by Gasteiger charge is -2.21. The fourth-order valence-electron chi connectivity index (χ4n) is 2.16. The maximum absolute atomic E-state index is 4.57. The fourth-order valence-corrected chi connectivity index (χ4v) is 2.16. The lowest BCUT2D eigenvalue weighted by Crippen LogP contribution is -2.22. The molecule has 6 heteroatoms. The van der Waals surface area contributed by atoms with Crippen molar-refractivity contribution in [3.8, 4) is 11.5 Å². The van der Waals surface area contributed by atoms with Gasteiger partial charge < -0.3 is 9.88 Å². The molecule has 1 aliphatic heterocycles. The molecule has 0 unspecified atom stereocenters. The SMILES string of the molecule is CCN1C=C(c2ccc(-c3nnc[nH]3)nc2C)N=CC1. The summed E-state index contributed by atoms with van der Waals surface area (Å²) in [6.45, 7) is 5.95. The van der Waals surface area contributed by atoms with E-state index in [1.54, 1.807) is 6.33 Å². The zero-order chi connectivity index (χ0) is 13.9. The van der Waals surface area contributed by atoms with Gasteiger partial charge in [-0.1, -0.05) is 0 Å². The third-order valence-electron chi connectivity index (χ3n) is 3.28. The van der Waals surface area contributed by atoms with E-state index < -0.39 is 0 Å². The number of aromatic nitrogens is 4. The minimum Gasteiger partial charge on any atom is -0.371 e. The highest BCUT2D eigenvalue weighted by Crippen LogP contribution is 2.23. The van der Waals surface area contributed by atoms with Crippen LogP contribution in [-0.4, -0.2) is 44.4 Å². The Hall–Kier alpha value is -2.50. The van der Waals surface area contributed by atoms with E-state index in [-0.39, 0.29) is 0 Å². The van der Waals surface area contributed by atoms with Crippen molar-refractivity contribution >= 4 is 11.9 Å². The normalized spacial score (nSPS) is 14.5. The van der Waals surface area contributed by atoms with E-state index in [1.165, 1.54) is 0 Å². The molecule has 2 aromatic rings. The Morgan fingerprint density at radius 1 is 1.35 bits per heavy atom. The van der Waals surface area contributed by atoms with E-state index in [4.69, 9.17) is 0 Å². The van der Waals surface area contributed by atoms with Gasteiger partial charge in [-0.2, -0.15) is 0 Å². The van der Waals surface area contributed by atoms with Gasteiger partial charge >= 0.3 is 0 Å². The van der Waals surface area contributed by atoms with Gasteiger partial charge in [0.2, 0.25) is 0 Å². The predicted molar refractivity (Wildman–Crippen MR) is 78.1 cm³/mol. The summed E-state index contributed by atoms with van der Waals surface area (Å²) in [5.74, 6) is 0.677. The summed E-state index contributed by atoms with van der Waals surface area (Å²) in [6, 6.07) is 3.96. The first kappa shape index (κ1) is 12.5.